The molecule has 0 radical (unpaired) electrons. The minimum atomic E-state index is 0.277. The van der Waals surface area contributed by atoms with Gasteiger partial charge < -0.3 is 10.1 Å². The Morgan fingerprint density at radius 1 is 1.26 bits per heavy atom. The molecule has 2 fully saturated rings. The van der Waals surface area contributed by atoms with Gasteiger partial charge in [-0.25, -0.2) is 0 Å². The van der Waals surface area contributed by atoms with Crippen LogP contribution >= 0.6 is 11.8 Å². The van der Waals surface area contributed by atoms with E-state index in [0.29, 0.717) is 6.04 Å². The Morgan fingerprint density at radius 2 is 2.00 bits per heavy atom. The molecular formula is C15H28N2OS. The largest absolute Gasteiger partial charge is 0.381 e. The molecule has 1 N–H and O–H groups in total. The van der Waals surface area contributed by atoms with Crippen LogP contribution in [0, 0.1) is 5.92 Å². The summed E-state index contributed by atoms with van der Waals surface area (Å²) >= 11 is 1.90. The lowest BCUT2D eigenvalue weighted by atomic mass is 9.93. The fourth-order valence-electron chi connectivity index (χ4n) is 2.69. The quantitative estimate of drug-likeness (QED) is 0.839. The van der Waals surface area contributed by atoms with Crippen LogP contribution in [0.4, 0.5) is 0 Å². The molecule has 110 valence electrons. The molecule has 0 aliphatic carbocycles. The van der Waals surface area contributed by atoms with E-state index in [4.69, 9.17) is 9.73 Å². The van der Waals surface area contributed by atoms with Crippen molar-refractivity contribution in [2.24, 2.45) is 10.9 Å². The summed E-state index contributed by atoms with van der Waals surface area (Å²) in [4.78, 5) is 4.85. The molecule has 1 unspecified atom stereocenters. The van der Waals surface area contributed by atoms with Gasteiger partial charge in [0, 0.05) is 25.0 Å². The number of hydrogen-bond donors (Lipinski definition) is 1. The van der Waals surface area contributed by atoms with Gasteiger partial charge in [-0.05, 0) is 32.1 Å². The van der Waals surface area contributed by atoms with Crippen molar-refractivity contribution in [3.8, 4) is 0 Å². The molecule has 2 heterocycles. The van der Waals surface area contributed by atoms with Crippen LogP contribution in [0.3, 0.4) is 0 Å². The van der Waals surface area contributed by atoms with E-state index in [0.717, 1.165) is 37.7 Å². The standard InChI is InChI=1S/C15H28N2OS/c1-12(2)5-4-6-13(3)16-14-17-15(11-19-14)7-9-18-10-8-15/h12-13H,4-11H2,1-3H3,(H,16,17). The summed E-state index contributed by atoms with van der Waals surface area (Å²) in [6.07, 6.45) is 6.07. The van der Waals surface area contributed by atoms with Crippen molar-refractivity contribution in [2.75, 3.05) is 19.0 Å². The number of nitrogens with one attached hydrogen (secondary N) is 1. The Balaban J connectivity index is 1.77. The van der Waals surface area contributed by atoms with Gasteiger partial charge >= 0.3 is 0 Å². The highest BCUT2D eigenvalue weighted by atomic mass is 32.2. The molecule has 2 rings (SSSR count). The fourth-order valence-corrected chi connectivity index (χ4v) is 4.01. The first kappa shape index (κ1) is 15.2. The van der Waals surface area contributed by atoms with Gasteiger partial charge in [-0.3, -0.25) is 4.99 Å². The Morgan fingerprint density at radius 3 is 2.68 bits per heavy atom. The minimum absolute atomic E-state index is 0.277. The Kier molecular flexibility index (Phi) is 5.58. The van der Waals surface area contributed by atoms with Crippen LogP contribution in [0.1, 0.15) is 52.9 Å². The summed E-state index contributed by atoms with van der Waals surface area (Å²) in [5, 5.41) is 4.84. The number of nitrogens with zero attached hydrogens (tertiary/aromatic N) is 1. The lowest BCUT2D eigenvalue weighted by Gasteiger charge is -2.32. The predicted octanol–water partition coefficient (Wildman–Crippen LogP) is 3.44. The average molecular weight is 284 g/mol. The van der Waals surface area contributed by atoms with Crippen molar-refractivity contribution < 1.29 is 4.74 Å². The second kappa shape index (κ2) is 6.98. The number of hydrogen-bond acceptors (Lipinski definition) is 3. The zero-order chi connectivity index (χ0) is 13.7. The van der Waals surface area contributed by atoms with Crippen molar-refractivity contribution in [3.05, 3.63) is 0 Å². The van der Waals surface area contributed by atoms with Crippen LogP contribution in [0.2, 0.25) is 0 Å². The monoisotopic (exact) mass is 284 g/mol. The normalized spacial score (nSPS) is 26.0. The van der Waals surface area contributed by atoms with Gasteiger partial charge in [0.05, 0.1) is 5.54 Å². The van der Waals surface area contributed by atoms with E-state index in [9.17, 15) is 0 Å². The second-order valence-electron chi connectivity index (χ2n) is 6.41. The van der Waals surface area contributed by atoms with E-state index in [1.165, 1.54) is 24.4 Å². The molecule has 2 aliphatic heterocycles. The summed E-state index contributed by atoms with van der Waals surface area (Å²) < 4.78 is 5.46. The van der Waals surface area contributed by atoms with Crippen LogP contribution in [0.5, 0.6) is 0 Å². The highest BCUT2D eigenvalue weighted by molar-refractivity contribution is 8.14. The molecule has 0 saturated carbocycles. The maximum absolute atomic E-state index is 5.46. The predicted molar refractivity (Wildman–Crippen MR) is 84.0 cm³/mol. The van der Waals surface area contributed by atoms with Gasteiger partial charge in [-0.15, -0.1) is 0 Å². The third-order valence-electron chi connectivity index (χ3n) is 4.05. The van der Waals surface area contributed by atoms with E-state index in [2.05, 4.69) is 26.1 Å². The van der Waals surface area contributed by atoms with E-state index in [1.54, 1.807) is 0 Å². The van der Waals surface area contributed by atoms with E-state index < -0.39 is 0 Å². The topological polar surface area (TPSA) is 33.6 Å². The SMILES string of the molecule is CC(C)CCCC(C)N=C1NC2(CCOCC2)CS1. The summed E-state index contributed by atoms with van der Waals surface area (Å²) in [7, 11) is 0. The van der Waals surface area contributed by atoms with Gasteiger partial charge in [0.2, 0.25) is 0 Å². The maximum Gasteiger partial charge on any atom is 0.157 e. The summed E-state index contributed by atoms with van der Waals surface area (Å²) in [5.74, 6) is 1.97. The summed E-state index contributed by atoms with van der Waals surface area (Å²) in [6.45, 7) is 8.61. The first-order chi connectivity index (χ1) is 9.10. The van der Waals surface area contributed by atoms with Crippen molar-refractivity contribution in [1.29, 1.82) is 0 Å². The zero-order valence-corrected chi connectivity index (χ0v) is 13.4. The lowest BCUT2D eigenvalue weighted by Crippen LogP contribution is -2.48. The molecule has 3 nitrogen and oxygen atoms in total. The Bertz CT molecular complexity index is 311. The van der Waals surface area contributed by atoms with E-state index in [-0.39, 0.29) is 5.54 Å². The Hall–Kier alpha value is -0.220. The number of rotatable bonds is 5. The third-order valence-corrected chi connectivity index (χ3v) is 5.23. The van der Waals surface area contributed by atoms with Crippen LogP contribution in [-0.2, 0) is 4.74 Å². The van der Waals surface area contributed by atoms with Gasteiger partial charge in [-0.2, -0.15) is 0 Å². The van der Waals surface area contributed by atoms with Crippen LogP contribution in [0.15, 0.2) is 4.99 Å². The number of amidine groups is 1. The minimum Gasteiger partial charge on any atom is -0.381 e. The Labute approximate surface area is 122 Å². The number of thioether (sulfide) groups is 1. The smallest absolute Gasteiger partial charge is 0.157 e. The molecule has 0 aromatic carbocycles. The van der Waals surface area contributed by atoms with Crippen LogP contribution < -0.4 is 5.32 Å². The van der Waals surface area contributed by atoms with Crippen LogP contribution in [-0.4, -0.2) is 35.7 Å². The van der Waals surface area contributed by atoms with Crippen molar-refractivity contribution in [3.63, 3.8) is 0 Å². The highest BCUT2D eigenvalue weighted by Gasteiger charge is 2.38. The van der Waals surface area contributed by atoms with Gasteiger partial charge in [-0.1, -0.05) is 38.5 Å². The van der Waals surface area contributed by atoms with Crippen molar-refractivity contribution >= 4 is 16.9 Å². The van der Waals surface area contributed by atoms with E-state index >= 15 is 0 Å². The molecule has 0 aromatic heterocycles. The average Bonchev–Trinajstić information content (AvgIpc) is 2.72. The summed E-state index contributed by atoms with van der Waals surface area (Å²) in [6, 6.07) is 0.448. The van der Waals surface area contributed by atoms with Crippen LogP contribution in [0.25, 0.3) is 0 Å². The van der Waals surface area contributed by atoms with Gasteiger partial charge in [0.15, 0.2) is 5.17 Å². The zero-order valence-electron chi connectivity index (χ0n) is 12.6. The first-order valence-corrected chi connectivity index (χ1v) is 8.65. The molecule has 0 aromatic rings. The van der Waals surface area contributed by atoms with Gasteiger partial charge in [0.1, 0.15) is 0 Å². The molecule has 2 saturated heterocycles. The molecule has 0 amide bonds. The number of aliphatic imine (C=N–C) groups is 1. The second-order valence-corrected chi connectivity index (χ2v) is 7.38. The lowest BCUT2D eigenvalue weighted by molar-refractivity contribution is 0.0555. The molecule has 0 bridgehead atoms. The molecule has 1 spiro atoms. The van der Waals surface area contributed by atoms with Crippen molar-refractivity contribution in [2.45, 2.75) is 64.5 Å². The fraction of sp³-hybridized carbons (Fsp3) is 0.933. The third kappa shape index (κ3) is 4.67. The molecule has 2 aliphatic rings. The van der Waals surface area contributed by atoms with Gasteiger partial charge in [0.25, 0.3) is 0 Å². The molecular weight excluding hydrogens is 256 g/mol. The maximum atomic E-state index is 5.46. The van der Waals surface area contributed by atoms with E-state index in [1.807, 2.05) is 11.8 Å². The first-order valence-electron chi connectivity index (χ1n) is 7.66. The molecule has 4 heteroatoms. The number of ether oxygens (including phenoxy) is 1. The van der Waals surface area contributed by atoms with Crippen molar-refractivity contribution in [1.82, 2.24) is 5.32 Å². The molecule has 1 atom stereocenters. The highest BCUT2D eigenvalue weighted by Crippen LogP contribution is 2.32. The molecule has 19 heavy (non-hydrogen) atoms. The summed E-state index contributed by atoms with van der Waals surface area (Å²) in [5.41, 5.74) is 0.277.